The second-order valence-electron chi connectivity index (χ2n) is 4.99. The molecular weight excluding hydrogens is 256 g/mol. The fourth-order valence-electron chi connectivity index (χ4n) is 2.45. The lowest BCUT2D eigenvalue weighted by Crippen LogP contribution is -2.40. The maximum Gasteiger partial charge on any atom is 0.308 e. The topological polar surface area (TPSA) is 72.6 Å². The van der Waals surface area contributed by atoms with Gasteiger partial charge >= 0.3 is 5.97 Å². The molecule has 0 aliphatic carbocycles. The van der Waals surface area contributed by atoms with Gasteiger partial charge in [0.15, 0.2) is 0 Å². The summed E-state index contributed by atoms with van der Waals surface area (Å²) in [6, 6.07) is 7.34. The molecule has 0 radical (unpaired) electrons. The molecule has 0 saturated carbocycles. The number of esters is 1. The summed E-state index contributed by atoms with van der Waals surface area (Å²) in [7, 11) is 1.40. The standard InChI is InChI=1S/C15H20N2O3/c1-20-15(19)13-6-8-17(9-7-13)14(18)12-4-2-11(10-16)3-5-12/h2-5,13H,6-10,16H2,1H3. The molecule has 108 valence electrons. The average Bonchev–Trinajstić information content (AvgIpc) is 2.53. The van der Waals surface area contributed by atoms with Crippen LogP contribution in [0, 0.1) is 5.92 Å². The fourth-order valence-corrected chi connectivity index (χ4v) is 2.45. The van der Waals surface area contributed by atoms with E-state index in [-0.39, 0.29) is 17.8 Å². The molecule has 1 aromatic rings. The minimum atomic E-state index is -0.176. The lowest BCUT2D eigenvalue weighted by atomic mass is 9.96. The number of carbonyl (C=O) groups is 2. The van der Waals surface area contributed by atoms with Crippen molar-refractivity contribution in [2.75, 3.05) is 20.2 Å². The second kappa shape index (κ2) is 6.52. The van der Waals surface area contributed by atoms with Gasteiger partial charge in [-0.2, -0.15) is 0 Å². The SMILES string of the molecule is COC(=O)C1CCN(C(=O)c2ccc(CN)cc2)CC1. The van der Waals surface area contributed by atoms with Gasteiger partial charge in [-0.3, -0.25) is 9.59 Å². The summed E-state index contributed by atoms with van der Waals surface area (Å²) in [5.41, 5.74) is 7.21. The number of ether oxygens (including phenoxy) is 1. The van der Waals surface area contributed by atoms with Crippen LogP contribution in [0.5, 0.6) is 0 Å². The number of piperidine rings is 1. The zero-order valence-electron chi connectivity index (χ0n) is 11.7. The molecule has 0 atom stereocenters. The highest BCUT2D eigenvalue weighted by Crippen LogP contribution is 2.20. The summed E-state index contributed by atoms with van der Waals surface area (Å²) in [6.07, 6.45) is 1.33. The maximum atomic E-state index is 12.3. The molecule has 1 aliphatic rings. The Labute approximate surface area is 118 Å². The van der Waals surface area contributed by atoms with Crippen molar-refractivity contribution in [3.8, 4) is 0 Å². The molecule has 0 aromatic heterocycles. The predicted molar refractivity (Wildman–Crippen MR) is 75.0 cm³/mol. The number of nitrogens with two attached hydrogens (primary N) is 1. The lowest BCUT2D eigenvalue weighted by Gasteiger charge is -2.30. The summed E-state index contributed by atoms with van der Waals surface area (Å²) in [5, 5.41) is 0. The zero-order chi connectivity index (χ0) is 14.5. The zero-order valence-corrected chi connectivity index (χ0v) is 11.7. The first-order valence-corrected chi connectivity index (χ1v) is 6.82. The van der Waals surface area contributed by atoms with Gasteiger partial charge in [0.2, 0.25) is 0 Å². The highest BCUT2D eigenvalue weighted by molar-refractivity contribution is 5.94. The molecule has 2 N–H and O–H groups in total. The quantitative estimate of drug-likeness (QED) is 0.841. The summed E-state index contributed by atoms with van der Waals surface area (Å²) in [6.45, 7) is 1.66. The van der Waals surface area contributed by atoms with Crippen LogP contribution in [0.15, 0.2) is 24.3 Å². The van der Waals surface area contributed by atoms with E-state index in [2.05, 4.69) is 0 Å². The second-order valence-corrected chi connectivity index (χ2v) is 4.99. The molecule has 20 heavy (non-hydrogen) atoms. The van der Waals surface area contributed by atoms with Crippen LogP contribution in [0.3, 0.4) is 0 Å². The van der Waals surface area contributed by atoms with Gasteiger partial charge in [0.1, 0.15) is 0 Å². The first-order valence-electron chi connectivity index (χ1n) is 6.82. The third kappa shape index (κ3) is 3.17. The van der Waals surface area contributed by atoms with Gasteiger partial charge in [-0.25, -0.2) is 0 Å². The Morgan fingerprint density at radius 3 is 2.35 bits per heavy atom. The number of benzene rings is 1. The Balaban J connectivity index is 1.95. The van der Waals surface area contributed by atoms with Crippen LogP contribution < -0.4 is 5.73 Å². The van der Waals surface area contributed by atoms with Crippen LogP contribution in [0.25, 0.3) is 0 Å². The van der Waals surface area contributed by atoms with E-state index in [4.69, 9.17) is 10.5 Å². The highest BCUT2D eigenvalue weighted by Gasteiger charge is 2.28. The van der Waals surface area contributed by atoms with Crippen LogP contribution in [0.1, 0.15) is 28.8 Å². The van der Waals surface area contributed by atoms with E-state index in [9.17, 15) is 9.59 Å². The molecule has 5 heteroatoms. The van der Waals surface area contributed by atoms with Gasteiger partial charge in [0.05, 0.1) is 13.0 Å². The van der Waals surface area contributed by atoms with E-state index in [1.807, 2.05) is 12.1 Å². The molecule has 2 rings (SSSR count). The van der Waals surface area contributed by atoms with E-state index in [1.54, 1.807) is 17.0 Å². The molecule has 0 spiro atoms. The fraction of sp³-hybridized carbons (Fsp3) is 0.467. The maximum absolute atomic E-state index is 12.3. The molecule has 1 aliphatic heterocycles. The number of carbonyl (C=O) groups excluding carboxylic acids is 2. The number of nitrogens with zero attached hydrogens (tertiary/aromatic N) is 1. The largest absolute Gasteiger partial charge is 0.469 e. The van der Waals surface area contributed by atoms with Crippen molar-refractivity contribution in [2.24, 2.45) is 11.7 Å². The van der Waals surface area contributed by atoms with Gasteiger partial charge < -0.3 is 15.4 Å². The summed E-state index contributed by atoms with van der Waals surface area (Å²) >= 11 is 0. The van der Waals surface area contributed by atoms with Crippen LogP contribution in [0.4, 0.5) is 0 Å². The van der Waals surface area contributed by atoms with Crippen LogP contribution in [-0.4, -0.2) is 37.0 Å². The molecule has 0 unspecified atom stereocenters. The van der Waals surface area contributed by atoms with Crippen molar-refractivity contribution < 1.29 is 14.3 Å². The van der Waals surface area contributed by atoms with Gasteiger partial charge in [-0.1, -0.05) is 12.1 Å². The smallest absolute Gasteiger partial charge is 0.308 e. The third-order valence-electron chi connectivity index (χ3n) is 3.75. The molecule has 1 aromatic carbocycles. The highest BCUT2D eigenvalue weighted by atomic mass is 16.5. The minimum Gasteiger partial charge on any atom is -0.469 e. The van der Waals surface area contributed by atoms with E-state index >= 15 is 0 Å². The Kier molecular flexibility index (Phi) is 4.74. The first kappa shape index (κ1) is 14.5. The summed E-state index contributed by atoms with van der Waals surface area (Å²) in [5.74, 6) is -0.245. The van der Waals surface area contributed by atoms with Crippen LogP contribution in [-0.2, 0) is 16.1 Å². The Morgan fingerprint density at radius 2 is 1.85 bits per heavy atom. The number of rotatable bonds is 3. The molecule has 1 heterocycles. The van der Waals surface area contributed by atoms with Gasteiger partial charge in [-0.15, -0.1) is 0 Å². The Bertz CT molecular complexity index is 476. The van der Waals surface area contributed by atoms with Crippen molar-refractivity contribution >= 4 is 11.9 Å². The molecule has 5 nitrogen and oxygen atoms in total. The summed E-state index contributed by atoms with van der Waals surface area (Å²) in [4.78, 5) is 25.6. The monoisotopic (exact) mass is 276 g/mol. The van der Waals surface area contributed by atoms with E-state index in [0.717, 1.165) is 5.56 Å². The van der Waals surface area contributed by atoms with Crippen LogP contribution >= 0.6 is 0 Å². The molecule has 1 saturated heterocycles. The molecular formula is C15H20N2O3. The van der Waals surface area contributed by atoms with Gasteiger partial charge in [0.25, 0.3) is 5.91 Å². The summed E-state index contributed by atoms with van der Waals surface area (Å²) < 4.78 is 4.74. The minimum absolute atomic E-state index is 0.0110. The van der Waals surface area contributed by atoms with Gasteiger partial charge in [-0.05, 0) is 30.5 Å². The number of hydrogen-bond donors (Lipinski definition) is 1. The Hall–Kier alpha value is -1.88. The third-order valence-corrected chi connectivity index (χ3v) is 3.75. The van der Waals surface area contributed by atoms with E-state index in [1.165, 1.54) is 7.11 Å². The van der Waals surface area contributed by atoms with E-state index < -0.39 is 0 Å². The number of amides is 1. The average molecular weight is 276 g/mol. The number of likely N-dealkylation sites (tertiary alicyclic amines) is 1. The van der Waals surface area contributed by atoms with Crippen molar-refractivity contribution in [1.82, 2.24) is 4.90 Å². The number of methoxy groups -OCH3 is 1. The first-order chi connectivity index (χ1) is 9.65. The normalized spacial score (nSPS) is 16.0. The van der Waals surface area contributed by atoms with Crippen molar-refractivity contribution in [1.29, 1.82) is 0 Å². The Morgan fingerprint density at radius 1 is 1.25 bits per heavy atom. The molecule has 1 fully saturated rings. The van der Waals surface area contributed by atoms with E-state index in [0.29, 0.717) is 38.0 Å². The van der Waals surface area contributed by atoms with Crippen LogP contribution in [0.2, 0.25) is 0 Å². The lowest BCUT2D eigenvalue weighted by molar-refractivity contribution is -0.146. The van der Waals surface area contributed by atoms with Crippen molar-refractivity contribution in [2.45, 2.75) is 19.4 Å². The van der Waals surface area contributed by atoms with Crippen molar-refractivity contribution in [3.63, 3.8) is 0 Å². The molecule has 1 amide bonds. The van der Waals surface area contributed by atoms with Gasteiger partial charge in [0, 0.05) is 25.2 Å². The van der Waals surface area contributed by atoms with Crippen molar-refractivity contribution in [3.05, 3.63) is 35.4 Å². The number of hydrogen-bond acceptors (Lipinski definition) is 4. The molecule has 0 bridgehead atoms. The predicted octanol–water partition coefficient (Wildman–Crippen LogP) is 1.17.